The van der Waals surface area contributed by atoms with Crippen LogP contribution >= 0.6 is 0 Å². The fourth-order valence-electron chi connectivity index (χ4n) is 1.59. The molecule has 1 aromatic heterocycles. The van der Waals surface area contributed by atoms with Crippen molar-refractivity contribution < 1.29 is 14.7 Å². The summed E-state index contributed by atoms with van der Waals surface area (Å²) in [5.74, 6) is 4.67. The third-order valence-electron chi connectivity index (χ3n) is 2.81. The zero-order chi connectivity index (χ0) is 15.8. The predicted octanol–water partition coefficient (Wildman–Crippen LogP) is -0.0243. The molecule has 0 saturated carbocycles. The van der Waals surface area contributed by atoms with Crippen molar-refractivity contribution in [1.82, 2.24) is 14.8 Å². The second-order valence-corrected chi connectivity index (χ2v) is 4.47. The van der Waals surface area contributed by atoms with Crippen LogP contribution in [0.3, 0.4) is 0 Å². The third kappa shape index (κ3) is 4.58. The molecule has 1 N–H and O–H groups in total. The van der Waals surface area contributed by atoms with Gasteiger partial charge in [-0.05, 0) is 19.1 Å². The molecular weight excluding hydrogens is 270 g/mol. The van der Waals surface area contributed by atoms with Crippen molar-refractivity contribution in [1.29, 1.82) is 0 Å². The highest BCUT2D eigenvalue weighted by molar-refractivity contribution is 5.96. The van der Waals surface area contributed by atoms with Crippen LogP contribution in [-0.2, 0) is 4.79 Å². The third-order valence-corrected chi connectivity index (χ3v) is 2.81. The molecule has 0 unspecified atom stereocenters. The normalized spacial score (nSPS) is 9.52. The minimum Gasteiger partial charge on any atom is -0.384 e. The maximum atomic E-state index is 12.5. The van der Waals surface area contributed by atoms with Gasteiger partial charge in [0.2, 0.25) is 5.91 Å². The molecule has 6 nitrogen and oxygen atoms in total. The Morgan fingerprint density at radius 2 is 2.10 bits per heavy atom. The van der Waals surface area contributed by atoms with E-state index in [1.165, 1.54) is 16.0 Å². The lowest BCUT2D eigenvalue weighted by Gasteiger charge is -2.22. The monoisotopic (exact) mass is 289 g/mol. The summed E-state index contributed by atoms with van der Waals surface area (Å²) in [6.45, 7) is 1.88. The van der Waals surface area contributed by atoms with E-state index in [2.05, 4.69) is 16.8 Å². The number of carbonyl (C=O) groups is 2. The molecule has 1 rings (SSSR count). The van der Waals surface area contributed by atoms with E-state index in [9.17, 15) is 9.59 Å². The SMILES string of the molecule is CCN(CC(=O)N(C)C)C(=O)c1ncccc1C#CCO. The molecule has 0 aliphatic rings. The number of amides is 2. The lowest BCUT2D eigenvalue weighted by Crippen LogP contribution is -2.40. The summed E-state index contributed by atoms with van der Waals surface area (Å²) in [5, 5.41) is 8.75. The molecule has 112 valence electrons. The molecule has 1 aromatic rings. The first-order valence-electron chi connectivity index (χ1n) is 6.55. The molecule has 1 heterocycles. The molecule has 2 amide bonds. The molecule has 0 aromatic carbocycles. The van der Waals surface area contributed by atoms with Gasteiger partial charge in [0.1, 0.15) is 18.8 Å². The van der Waals surface area contributed by atoms with Crippen LogP contribution in [0.1, 0.15) is 23.0 Å². The Bertz CT molecular complexity index is 573. The summed E-state index contributed by atoms with van der Waals surface area (Å²) < 4.78 is 0. The van der Waals surface area contributed by atoms with Gasteiger partial charge in [0.05, 0.1) is 5.56 Å². The Morgan fingerprint density at radius 1 is 1.38 bits per heavy atom. The van der Waals surface area contributed by atoms with E-state index in [-0.39, 0.29) is 30.7 Å². The molecule has 0 aliphatic heterocycles. The highest BCUT2D eigenvalue weighted by Crippen LogP contribution is 2.08. The lowest BCUT2D eigenvalue weighted by atomic mass is 10.1. The number of pyridine rings is 1. The smallest absolute Gasteiger partial charge is 0.274 e. The maximum Gasteiger partial charge on any atom is 0.274 e. The van der Waals surface area contributed by atoms with Gasteiger partial charge in [0.25, 0.3) is 5.91 Å². The average Bonchev–Trinajstić information content (AvgIpc) is 2.49. The molecule has 0 radical (unpaired) electrons. The number of rotatable bonds is 4. The molecule has 0 saturated heterocycles. The zero-order valence-electron chi connectivity index (χ0n) is 12.5. The number of aromatic nitrogens is 1. The number of hydrogen-bond acceptors (Lipinski definition) is 4. The summed E-state index contributed by atoms with van der Waals surface area (Å²) in [7, 11) is 3.28. The van der Waals surface area contributed by atoms with Crippen LogP contribution < -0.4 is 0 Å². The average molecular weight is 289 g/mol. The first-order chi connectivity index (χ1) is 10.0. The summed E-state index contributed by atoms with van der Waals surface area (Å²) in [5.41, 5.74) is 0.624. The van der Waals surface area contributed by atoms with Crippen LogP contribution in [0.25, 0.3) is 0 Å². The quantitative estimate of drug-likeness (QED) is 0.790. The minimum atomic E-state index is -0.351. The van der Waals surface area contributed by atoms with Crippen LogP contribution in [0.4, 0.5) is 0 Å². The van der Waals surface area contributed by atoms with Crippen molar-refractivity contribution in [3.8, 4) is 11.8 Å². The Labute approximate surface area is 124 Å². The largest absolute Gasteiger partial charge is 0.384 e. The van der Waals surface area contributed by atoms with Crippen molar-refractivity contribution in [2.24, 2.45) is 0 Å². The first-order valence-corrected chi connectivity index (χ1v) is 6.55. The van der Waals surface area contributed by atoms with Crippen molar-refractivity contribution >= 4 is 11.8 Å². The molecule has 0 atom stereocenters. The number of aliphatic hydroxyl groups excluding tert-OH is 1. The molecule has 0 spiro atoms. The Morgan fingerprint density at radius 3 is 2.67 bits per heavy atom. The van der Waals surface area contributed by atoms with Gasteiger partial charge in [-0.15, -0.1) is 0 Å². The Balaban J connectivity index is 3.03. The van der Waals surface area contributed by atoms with E-state index in [1.54, 1.807) is 33.2 Å². The van der Waals surface area contributed by atoms with Crippen LogP contribution in [0.15, 0.2) is 18.3 Å². The Kier molecular flexibility index (Phi) is 6.37. The van der Waals surface area contributed by atoms with Crippen LogP contribution in [-0.4, -0.2) is 65.5 Å². The standard InChI is InChI=1S/C15H19N3O3/c1-4-18(11-13(20)17(2)3)15(21)14-12(8-6-10-19)7-5-9-16-14/h5,7,9,19H,4,10-11H2,1-3H3. The van der Waals surface area contributed by atoms with Crippen molar-refractivity contribution in [3.05, 3.63) is 29.6 Å². The van der Waals surface area contributed by atoms with E-state index < -0.39 is 0 Å². The second-order valence-electron chi connectivity index (χ2n) is 4.47. The fraction of sp³-hybridized carbons (Fsp3) is 0.400. The van der Waals surface area contributed by atoms with Gasteiger partial charge in [0, 0.05) is 26.8 Å². The molecule has 6 heteroatoms. The molecule has 0 aliphatic carbocycles. The first kappa shape index (κ1) is 16.7. The van der Waals surface area contributed by atoms with E-state index in [0.717, 1.165) is 0 Å². The number of likely N-dealkylation sites (N-methyl/N-ethyl adjacent to an activating group) is 2. The highest BCUT2D eigenvalue weighted by Gasteiger charge is 2.21. The number of nitrogens with zero attached hydrogens (tertiary/aromatic N) is 3. The van der Waals surface area contributed by atoms with Gasteiger partial charge in [0.15, 0.2) is 0 Å². The lowest BCUT2D eigenvalue weighted by molar-refractivity contribution is -0.129. The summed E-state index contributed by atoms with van der Waals surface area (Å²) in [6.07, 6.45) is 1.50. The molecule has 0 fully saturated rings. The van der Waals surface area contributed by atoms with Gasteiger partial charge in [-0.25, -0.2) is 4.98 Å². The van der Waals surface area contributed by atoms with Crippen molar-refractivity contribution in [2.75, 3.05) is 33.8 Å². The molecule has 0 bridgehead atoms. The molecule has 21 heavy (non-hydrogen) atoms. The van der Waals surface area contributed by atoms with Crippen LogP contribution in [0.5, 0.6) is 0 Å². The minimum absolute atomic E-state index is 0.00816. The van der Waals surface area contributed by atoms with Gasteiger partial charge in [-0.2, -0.15) is 0 Å². The summed E-state index contributed by atoms with van der Waals surface area (Å²) >= 11 is 0. The van der Waals surface area contributed by atoms with Crippen molar-refractivity contribution in [3.63, 3.8) is 0 Å². The summed E-state index contributed by atoms with van der Waals surface area (Å²) in [6, 6.07) is 3.32. The number of carbonyl (C=O) groups excluding carboxylic acids is 2. The predicted molar refractivity (Wildman–Crippen MR) is 78.5 cm³/mol. The maximum absolute atomic E-state index is 12.5. The zero-order valence-corrected chi connectivity index (χ0v) is 12.5. The topological polar surface area (TPSA) is 73.7 Å². The Hall–Kier alpha value is -2.39. The van der Waals surface area contributed by atoms with E-state index >= 15 is 0 Å². The summed E-state index contributed by atoms with van der Waals surface area (Å²) in [4.78, 5) is 31.1. The highest BCUT2D eigenvalue weighted by atomic mass is 16.2. The second kappa shape index (κ2) is 8.02. The van der Waals surface area contributed by atoms with Crippen LogP contribution in [0.2, 0.25) is 0 Å². The van der Waals surface area contributed by atoms with E-state index in [1.807, 2.05) is 0 Å². The van der Waals surface area contributed by atoms with Gasteiger partial charge < -0.3 is 14.9 Å². The van der Waals surface area contributed by atoms with Gasteiger partial charge in [-0.3, -0.25) is 9.59 Å². The van der Waals surface area contributed by atoms with Gasteiger partial charge >= 0.3 is 0 Å². The van der Waals surface area contributed by atoms with E-state index in [4.69, 9.17) is 5.11 Å². The number of hydrogen-bond donors (Lipinski definition) is 1. The van der Waals surface area contributed by atoms with Crippen LogP contribution in [0, 0.1) is 11.8 Å². The van der Waals surface area contributed by atoms with Crippen molar-refractivity contribution in [2.45, 2.75) is 6.92 Å². The fourth-order valence-corrected chi connectivity index (χ4v) is 1.59. The number of aliphatic hydroxyl groups is 1. The van der Waals surface area contributed by atoms with Gasteiger partial charge in [-0.1, -0.05) is 11.8 Å². The molecular formula is C15H19N3O3. The van der Waals surface area contributed by atoms with E-state index in [0.29, 0.717) is 12.1 Å².